The number of carbonyl (C=O) groups excluding carboxylic acids is 2. The summed E-state index contributed by atoms with van der Waals surface area (Å²) in [6.07, 6.45) is 1.75. The number of carboxylic acids is 3. The van der Waals surface area contributed by atoms with Crippen LogP contribution < -0.4 is 26.8 Å². The summed E-state index contributed by atoms with van der Waals surface area (Å²) < 4.78 is 0.549. The van der Waals surface area contributed by atoms with Crippen LogP contribution in [0.2, 0.25) is 0 Å². The lowest BCUT2D eigenvalue weighted by molar-refractivity contribution is -0.143. The minimum absolute atomic E-state index is 0.0139. The molecule has 0 bridgehead atoms. The van der Waals surface area contributed by atoms with Crippen LogP contribution in [0.5, 0.6) is 5.75 Å². The highest BCUT2D eigenvalue weighted by molar-refractivity contribution is 8.26. The van der Waals surface area contributed by atoms with Gasteiger partial charge in [-0.25, -0.2) is 0 Å². The van der Waals surface area contributed by atoms with Crippen molar-refractivity contribution in [1.82, 2.24) is 20.4 Å². The van der Waals surface area contributed by atoms with Gasteiger partial charge in [0.1, 0.15) is 10.0 Å². The molecule has 1 aliphatic rings. The van der Waals surface area contributed by atoms with E-state index in [0.29, 0.717) is 9.23 Å². The van der Waals surface area contributed by atoms with Crippen molar-refractivity contribution in [2.24, 2.45) is 0 Å². The monoisotopic (exact) mass is 621 g/mol. The third kappa shape index (κ3) is 16.1. The summed E-state index contributed by atoms with van der Waals surface area (Å²) in [5.41, 5.74) is -1.44. The fraction of sp³-hybridized carbons (Fsp3) is 0.478. The van der Waals surface area contributed by atoms with E-state index in [2.05, 4.69) is 16.0 Å². The Bertz CT molecular complexity index is 1160. The van der Waals surface area contributed by atoms with Crippen LogP contribution in [0.15, 0.2) is 20.6 Å². The number of nitrogens with zero attached hydrogens (tertiary/aromatic N) is 2. The SMILES string of the molecule is C/C=C1\SC(=S)NC1=O.CC.CNC(=O)CN(CCN(CC(=O)O)CC(=O)O)CC(=O)O.CNc1c(O)c(=O)c1=O. The molecule has 1 aliphatic heterocycles. The first-order chi connectivity index (χ1) is 19.2. The van der Waals surface area contributed by atoms with Gasteiger partial charge < -0.3 is 36.4 Å². The molecule has 0 saturated carbocycles. The Labute approximate surface area is 245 Å². The van der Waals surface area contributed by atoms with Crippen molar-refractivity contribution in [2.45, 2.75) is 20.8 Å². The van der Waals surface area contributed by atoms with Crippen molar-refractivity contribution in [3.8, 4) is 5.75 Å². The molecule has 0 spiro atoms. The number of aromatic hydroxyl groups is 1. The number of aliphatic carboxylic acids is 3. The van der Waals surface area contributed by atoms with Gasteiger partial charge in [-0.1, -0.05) is 43.9 Å². The summed E-state index contributed by atoms with van der Waals surface area (Å²) in [5.74, 6) is -4.43. The van der Waals surface area contributed by atoms with E-state index in [1.54, 1.807) is 6.08 Å². The van der Waals surface area contributed by atoms with Crippen molar-refractivity contribution >= 4 is 63.7 Å². The number of rotatable bonds is 12. The summed E-state index contributed by atoms with van der Waals surface area (Å²) in [6, 6.07) is 0. The lowest BCUT2D eigenvalue weighted by atomic mass is 10.2. The second-order valence-electron chi connectivity index (χ2n) is 7.40. The molecule has 1 heterocycles. The highest BCUT2D eigenvalue weighted by Gasteiger charge is 2.21. The first-order valence-electron chi connectivity index (χ1n) is 11.9. The smallest absolute Gasteiger partial charge is 0.317 e. The quantitative estimate of drug-likeness (QED) is 0.0813. The molecule has 16 nitrogen and oxygen atoms in total. The van der Waals surface area contributed by atoms with Crippen LogP contribution in [0, 0.1) is 0 Å². The molecular formula is C23H35N5O11S2. The number of anilines is 1. The predicted molar refractivity (Wildman–Crippen MR) is 156 cm³/mol. The maximum Gasteiger partial charge on any atom is 0.317 e. The van der Waals surface area contributed by atoms with Gasteiger partial charge in [-0.15, -0.1) is 0 Å². The predicted octanol–water partition coefficient (Wildman–Crippen LogP) is -1.32. The number of allylic oxidation sites excluding steroid dienone is 1. The number of amides is 2. The number of nitrogens with one attached hydrogen (secondary N) is 3. The fourth-order valence-corrected chi connectivity index (χ4v) is 3.66. The lowest BCUT2D eigenvalue weighted by Gasteiger charge is -2.24. The van der Waals surface area contributed by atoms with Gasteiger partial charge in [0.15, 0.2) is 5.75 Å². The topological polar surface area (TPSA) is 243 Å². The number of carboxylic acid groups (broad SMARTS) is 3. The second kappa shape index (κ2) is 21.0. The first kappa shape index (κ1) is 39.3. The average Bonchev–Trinajstić information content (AvgIpc) is 3.24. The molecule has 0 atom stereocenters. The van der Waals surface area contributed by atoms with Crippen LogP contribution in [0.1, 0.15) is 20.8 Å². The van der Waals surface area contributed by atoms with E-state index in [-0.39, 0.29) is 37.1 Å². The molecule has 0 aromatic heterocycles. The Kier molecular flexibility index (Phi) is 20.1. The van der Waals surface area contributed by atoms with E-state index in [1.165, 1.54) is 30.8 Å². The number of carbonyl (C=O) groups is 5. The first-order valence-corrected chi connectivity index (χ1v) is 13.1. The van der Waals surface area contributed by atoms with E-state index in [9.17, 15) is 33.6 Å². The van der Waals surface area contributed by atoms with E-state index < -0.39 is 54.1 Å². The fourth-order valence-electron chi connectivity index (χ4n) is 2.69. The van der Waals surface area contributed by atoms with Crippen molar-refractivity contribution in [2.75, 3.05) is 58.7 Å². The van der Waals surface area contributed by atoms with Crippen LogP contribution in [-0.2, 0) is 24.0 Å². The molecule has 2 rings (SSSR count). The third-order valence-electron chi connectivity index (χ3n) is 4.49. The Morgan fingerprint density at radius 1 is 0.878 bits per heavy atom. The number of hydrogen-bond donors (Lipinski definition) is 7. The van der Waals surface area contributed by atoms with Crippen molar-refractivity contribution in [3.63, 3.8) is 0 Å². The molecular weight excluding hydrogens is 586 g/mol. The van der Waals surface area contributed by atoms with E-state index in [1.807, 2.05) is 20.8 Å². The zero-order chi connectivity index (χ0) is 32.3. The third-order valence-corrected chi connectivity index (χ3v) is 5.78. The highest BCUT2D eigenvalue weighted by Crippen LogP contribution is 2.22. The summed E-state index contributed by atoms with van der Waals surface area (Å²) in [6.45, 7) is 4.36. The second-order valence-corrected chi connectivity index (χ2v) is 9.12. The maximum absolute atomic E-state index is 11.3. The van der Waals surface area contributed by atoms with Crippen LogP contribution >= 0.6 is 24.0 Å². The molecule has 41 heavy (non-hydrogen) atoms. The van der Waals surface area contributed by atoms with Crippen molar-refractivity contribution < 1.29 is 44.4 Å². The Morgan fingerprint density at radius 2 is 1.32 bits per heavy atom. The number of thiocarbonyl (C=S) groups is 1. The Hall–Kier alpha value is -3.87. The average molecular weight is 622 g/mol. The van der Waals surface area contributed by atoms with Gasteiger partial charge in [0.25, 0.3) is 16.8 Å². The molecule has 18 heteroatoms. The Balaban J connectivity index is 0. The molecule has 7 N–H and O–H groups in total. The molecule has 0 aliphatic carbocycles. The molecule has 0 radical (unpaired) electrons. The zero-order valence-corrected chi connectivity index (χ0v) is 24.8. The van der Waals surface area contributed by atoms with Gasteiger partial charge >= 0.3 is 17.9 Å². The highest BCUT2D eigenvalue weighted by atomic mass is 32.2. The summed E-state index contributed by atoms with van der Waals surface area (Å²) in [7, 11) is 2.87. The van der Waals surface area contributed by atoms with Gasteiger partial charge in [0, 0.05) is 27.2 Å². The standard InChI is InChI=1S/C11H19N3O7.C5H5NO3.C5H5NOS2.C2H6/c1-12-8(15)4-13(5-9(16)17)2-3-14(6-10(18)19)7-11(20)21;1-6-2-3(7)5(9)4(2)8;1-2-3-4(7)6-5(8)9-3;1-2/h2-7H2,1H3,(H,12,15)(H,16,17)(H,18,19)(H,20,21);6-7H,1H3;2H,1H3,(H,6,7,8);1-2H3/b;;3-2-;. The van der Waals surface area contributed by atoms with E-state index in [0.717, 1.165) is 4.90 Å². The van der Waals surface area contributed by atoms with Crippen LogP contribution in [0.25, 0.3) is 0 Å². The summed E-state index contributed by atoms with van der Waals surface area (Å²) in [5, 5.41) is 42.0. The summed E-state index contributed by atoms with van der Waals surface area (Å²) in [4.78, 5) is 77.7. The largest absolute Gasteiger partial charge is 0.502 e. The van der Waals surface area contributed by atoms with Gasteiger partial charge in [0.2, 0.25) is 5.91 Å². The van der Waals surface area contributed by atoms with E-state index >= 15 is 0 Å². The van der Waals surface area contributed by atoms with Gasteiger partial charge in [-0.2, -0.15) is 0 Å². The van der Waals surface area contributed by atoms with Crippen LogP contribution in [0.4, 0.5) is 5.69 Å². The molecule has 230 valence electrons. The van der Waals surface area contributed by atoms with Crippen LogP contribution in [0.3, 0.4) is 0 Å². The molecule has 1 aromatic rings. The number of thioether (sulfide) groups is 1. The van der Waals surface area contributed by atoms with Crippen molar-refractivity contribution in [3.05, 3.63) is 31.4 Å². The van der Waals surface area contributed by atoms with Gasteiger partial charge in [-0.05, 0) is 6.92 Å². The van der Waals surface area contributed by atoms with Crippen LogP contribution in [-0.4, -0.2) is 118 Å². The minimum Gasteiger partial charge on any atom is -0.502 e. The van der Waals surface area contributed by atoms with Gasteiger partial charge in [0.05, 0.1) is 31.1 Å². The van der Waals surface area contributed by atoms with Crippen molar-refractivity contribution in [1.29, 1.82) is 0 Å². The molecule has 1 aromatic carbocycles. The van der Waals surface area contributed by atoms with E-state index in [4.69, 9.17) is 32.6 Å². The number of hydrogen-bond acceptors (Lipinski definition) is 13. The Morgan fingerprint density at radius 3 is 1.56 bits per heavy atom. The molecule has 1 fully saturated rings. The molecule has 1 saturated heterocycles. The maximum atomic E-state index is 11.3. The van der Waals surface area contributed by atoms with Gasteiger partial charge in [-0.3, -0.25) is 43.4 Å². The number of likely N-dealkylation sites (N-methyl/N-ethyl adjacent to an activating group) is 1. The normalized spacial score (nSPS) is 12.8. The molecule has 0 unspecified atom stereocenters. The molecule has 2 amide bonds. The minimum atomic E-state index is -1.19. The zero-order valence-electron chi connectivity index (χ0n) is 23.2. The lowest BCUT2D eigenvalue weighted by Crippen LogP contribution is -2.44. The summed E-state index contributed by atoms with van der Waals surface area (Å²) >= 11 is 6.04.